The molecule has 1 aromatic heterocycles. The van der Waals surface area contributed by atoms with E-state index in [0.29, 0.717) is 24.3 Å². The summed E-state index contributed by atoms with van der Waals surface area (Å²) in [6, 6.07) is 11.0. The van der Waals surface area contributed by atoms with Crippen LogP contribution in [-0.4, -0.2) is 34.8 Å². The van der Waals surface area contributed by atoms with Gasteiger partial charge in [0.2, 0.25) is 0 Å². The van der Waals surface area contributed by atoms with Crippen LogP contribution in [0.5, 0.6) is 0 Å². The highest BCUT2D eigenvalue weighted by Crippen LogP contribution is 2.23. The van der Waals surface area contributed by atoms with Gasteiger partial charge < -0.3 is 10.2 Å². The van der Waals surface area contributed by atoms with Gasteiger partial charge in [-0.2, -0.15) is 0 Å². The SMILES string of the molecule is CCCN(CCC)C(=O)c1ccnc(C(=O)Nc2ccc(C(C)(C)C)cc2)c1. The molecule has 0 saturated heterocycles. The van der Waals surface area contributed by atoms with E-state index in [9.17, 15) is 9.59 Å². The molecule has 0 unspecified atom stereocenters. The number of hydrogen-bond acceptors (Lipinski definition) is 3. The molecule has 0 atom stereocenters. The molecule has 2 rings (SSSR count). The molecule has 2 aromatic rings. The summed E-state index contributed by atoms with van der Waals surface area (Å²) in [5.74, 6) is -0.384. The van der Waals surface area contributed by atoms with Crippen molar-refractivity contribution in [1.29, 1.82) is 0 Å². The lowest BCUT2D eigenvalue weighted by Gasteiger charge is -2.21. The summed E-state index contributed by atoms with van der Waals surface area (Å²) in [6.07, 6.45) is 3.31. The maximum atomic E-state index is 12.8. The number of pyridine rings is 1. The summed E-state index contributed by atoms with van der Waals surface area (Å²) in [4.78, 5) is 31.3. The fourth-order valence-electron chi connectivity index (χ4n) is 2.97. The molecule has 0 aliphatic heterocycles. The molecule has 0 saturated carbocycles. The zero-order chi connectivity index (χ0) is 20.7. The van der Waals surface area contributed by atoms with Crippen molar-refractivity contribution < 1.29 is 9.59 Å². The van der Waals surface area contributed by atoms with Gasteiger partial charge in [-0.3, -0.25) is 14.6 Å². The Bertz CT molecular complexity index is 801. The highest BCUT2D eigenvalue weighted by Gasteiger charge is 2.17. The molecule has 150 valence electrons. The van der Waals surface area contributed by atoms with Gasteiger partial charge in [-0.05, 0) is 48.1 Å². The van der Waals surface area contributed by atoms with Crippen LogP contribution in [0.3, 0.4) is 0 Å². The molecule has 2 amide bonds. The van der Waals surface area contributed by atoms with Gasteiger partial charge in [0.25, 0.3) is 11.8 Å². The topological polar surface area (TPSA) is 62.3 Å². The normalized spacial score (nSPS) is 11.2. The fraction of sp³-hybridized carbons (Fsp3) is 0.435. The van der Waals surface area contributed by atoms with Gasteiger partial charge in [0.1, 0.15) is 5.69 Å². The second kappa shape index (κ2) is 9.49. The molecule has 5 nitrogen and oxygen atoms in total. The van der Waals surface area contributed by atoms with Crippen molar-refractivity contribution in [2.24, 2.45) is 0 Å². The molecule has 0 aliphatic carbocycles. The Hall–Kier alpha value is -2.69. The molecule has 0 fully saturated rings. The lowest BCUT2D eigenvalue weighted by atomic mass is 9.87. The molecule has 0 bridgehead atoms. The van der Waals surface area contributed by atoms with Crippen LogP contribution in [0, 0.1) is 0 Å². The number of amides is 2. The molecule has 0 spiro atoms. The number of carbonyl (C=O) groups excluding carboxylic acids is 2. The Labute approximate surface area is 168 Å². The minimum Gasteiger partial charge on any atom is -0.339 e. The van der Waals surface area contributed by atoms with Crippen LogP contribution < -0.4 is 5.32 Å². The number of aromatic nitrogens is 1. The van der Waals surface area contributed by atoms with Crippen molar-refractivity contribution in [2.45, 2.75) is 52.9 Å². The molecule has 28 heavy (non-hydrogen) atoms. The third kappa shape index (κ3) is 5.65. The van der Waals surface area contributed by atoms with Gasteiger partial charge in [-0.1, -0.05) is 46.8 Å². The smallest absolute Gasteiger partial charge is 0.274 e. The van der Waals surface area contributed by atoms with Crippen LogP contribution in [0.15, 0.2) is 42.6 Å². The van der Waals surface area contributed by atoms with E-state index in [2.05, 4.69) is 31.1 Å². The van der Waals surface area contributed by atoms with E-state index in [-0.39, 0.29) is 22.9 Å². The lowest BCUT2D eigenvalue weighted by Crippen LogP contribution is -2.32. The van der Waals surface area contributed by atoms with Gasteiger partial charge in [-0.15, -0.1) is 0 Å². The molecular weight excluding hydrogens is 350 g/mol. The Kier molecular flexibility index (Phi) is 7.32. The number of benzene rings is 1. The number of rotatable bonds is 7. The van der Waals surface area contributed by atoms with Crippen molar-refractivity contribution >= 4 is 17.5 Å². The van der Waals surface area contributed by atoms with Crippen LogP contribution in [-0.2, 0) is 5.41 Å². The maximum Gasteiger partial charge on any atom is 0.274 e. The molecule has 0 aliphatic rings. The monoisotopic (exact) mass is 381 g/mol. The third-order valence-electron chi connectivity index (χ3n) is 4.52. The van der Waals surface area contributed by atoms with E-state index in [0.717, 1.165) is 12.8 Å². The van der Waals surface area contributed by atoms with Crippen LogP contribution >= 0.6 is 0 Å². The van der Waals surface area contributed by atoms with E-state index >= 15 is 0 Å². The predicted octanol–water partition coefficient (Wildman–Crippen LogP) is 4.89. The van der Waals surface area contributed by atoms with E-state index < -0.39 is 0 Å². The van der Waals surface area contributed by atoms with E-state index in [1.165, 1.54) is 11.8 Å². The van der Waals surface area contributed by atoms with E-state index in [4.69, 9.17) is 0 Å². The second-order valence-corrected chi connectivity index (χ2v) is 8.00. The van der Waals surface area contributed by atoms with Crippen molar-refractivity contribution in [2.75, 3.05) is 18.4 Å². The predicted molar refractivity (Wildman–Crippen MR) is 114 cm³/mol. The highest BCUT2D eigenvalue weighted by atomic mass is 16.2. The molecule has 1 N–H and O–H groups in total. The number of carbonyl (C=O) groups is 2. The van der Waals surface area contributed by atoms with E-state index in [1.807, 2.05) is 43.0 Å². The Morgan fingerprint density at radius 1 is 1.00 bits per heavy atom. The summed E-state index contributed by atoms with van der Waals surface area (Å²) in [7, 11) is 0. The molecule has 0 radical (unpaired) electrons. The lowest BCUT2D eigenvalue weighted by molar-refractivity contribution is 0.0755. The Morgan fingerprint density at radius 2 is 1.61 bits per heavy atom. The average molecular weight is 382 g/mol. The quantitative estimate of drug-likeness (QED) is 0.742. The number of hydrogen-bond donors (Lipinski definition) is 1. The minimum absolute atomic E-state index is 0.0572. The first-order chi connectivity index (χ1) is 13.3. The van der Waals surface area contributed by atoms with Crippen molar-refractivity contribution in [1.82, 2.24) is 9.88 Å². The molecular formula is C23H31N3O2. The Morgan fingerprint density at radius 3 is 2.14 bits per heavy atom. The zero-order valence-corrected chi connectivity index (χ0v) is 17.6. The van der Waals surface area contributed by atoms with Crippen LogP contribution in [0.1, 0.15) is 73.9 Å². The second-order valence-electron chi connectivity index (χ2n) is 8.00. The fourth-order valence-corrected chi connectivity index (χ4v) is 2.97. The molecule has 1 aromatic carbocycles. The summed E-state index contributed by atoms with van der Waals surface area (Å²) in [5.41, 5.74) is 2.68. The number of nitrogens with one attached hydrogen (secondary N) is 1. The minimum atomic E-state index is -0.323. The van der Waals surface area contributed by atoms with Gasteiger partial charge in [0, 0.05) is 30.5 Å². The number of nitrogens with zero attached hydrogens (tertiary/aromatic N) is 2. The van der Waals surface area contributed by atoms with Gasteiger partial charge in [0.05, 0.1) is 0 Å². The average Bonchev–Trinajstić information content (AvgIpc) is 2.67. The zero-order valence-electron chi connectivity index (χ0n) is 17.6. The Balaban J connectivity index is 2.14. The summed E-state index contributed by atoms with van der Waals surface area (Å²) < 4.78 is 0. The highest BCUT2D eigenvalue weighted by molar-refractivity contribution is 6.04. The largest absolute Gasteiger partial charge is 0.339 e. The van der Waals surface area contributed by atoms with Crippen molar-refractivity contribution in [3.8, 4) is 0 Å². The van der Waals surface area contributed by atoms with Crippen LogP contribution in [0.4, 0.5) is 5.69 Å². The molecule has 1 heterocycles. The van der Waals surface area contributed by atoms with Gasteiger partial charge in [-0.25, -0.2) is 0 Å². The number of anilines is 1. The van der Waals surface area contributed by atoms with Crippen molar-refractivity contribution in [3.63, 3.8) is 0 Å². The van der Waals surface area contributed by atoms with Crippen LogP contribution in [0.2, 0.25) is 0 Å². The van der Waals surface area contributed by atoms with Gasteiger partial charge >= 0.3 is 0 Å². The van der Waals surface area contributed by atoms with Crippen molar-refractivity contribution in [3.05, 3.63) is 59.4 Å². The van der Waals surface area contributed by atoms with Gasteiger partial charge in [0.15, 0.2) is 0 Å². The maximum absolute atomic E-state index is 12.8. The third-order valence-corrected chi connectivity index (χ3v) is 4.52. The summed E-state index contributed by atoms with van der Waals surface area (Å²) >= 11 is 0. The first kappa shape index (κ1) is 21.6. The molecule has 5 heteroatoms. The standard InChI is InChI=1S/C23H31N3O2/c1-6-14-26(15-7-2)22(28)17-12-13-24-20(16-17)21(27)25-19-10-8-18(9-11-19)23(3,4)5/h8-13,16H,6-7,14-15H2,1-5H3,(H,25,27). The van der Waals surface area contributed by atoms with Crippen LogP contribution in [0.25, 0.3) is 0 Å². The summed E-state index contributed by atoms with van der Waals surface area (Å²) in [6.45, 7) is 11.9. The summed E-state index contributed by atoms with van der Waals surface area (Å²) in [5, 5.41) is 2.86. The van der Waals surface area contributed by atoms with E-state index in [1.54, 1.807) is 12.1 Å². The first-order valence-corrected chi connectivity index (χ1v) is 9.93. The first-order valence-electron chi connectivity index (χ1n) is 9.93.